The van der Waals surface area contributed by atoms with Gasteiger partial charge in [-0.25, -0.2) is 4.79 Å². The van der Waals surface area contributed by atoms with Crippen LogP contribution >= 0.6 is 0 Å². The molecule has 1 rings (SSSR count). The van der Waals surface area contributed by atoms with E-state index in [9.17, 15) is 4.79 Å². The third-order valence-electron chi connectivity index (χ3n) is 1.23. The van der Waals surface area contributed by atoms with E-state index in [0.717, 1.165) is 0 Å². The number of hydrogen-bond acceptors (Lipinski definition) is 4. The highest BCUT2D eigenvalue weighted by molar-refractivity contribution is 5.88. The summed E-state index contributed by atoms with van der Waals surface area (Å²) < 4.78 is 4.49. The summed E-state index contributed by atoms with van der Waals surface area (Å²) in [6.07, 6.45) is 1.70. The first-order chi connectivity index (χ1) is 4.84. The van der Waals surface area contributed by atoms with Crippen molar-refractivity contribution >= 4 is 5.97 Å². The maximum absolute atomic E-state index is 10.8. The van der Waals surface area contributed by atoms with Gasteiger partial charge in [-0.15, -0.1) is 0 Å². The Balaban J connectivity index is 2.53. The number of carbonyl (C=O) groups is 1. The summed E-state index contributed by atoms with van der Waals surface area (Å²) in [6, 6.07) is 0. The average Bonchev–Trinajstić information content (AvgIpc) is 2.05. The molecule has 0 unspecified atom stereocenters. The Morgan fingerprint density at radius 3 is 3.20 bits per heavy atom. The van der Waals surface area contributed by atoms with Gasteiger partial charge in [-0.1, -0.05) is 0 Å². The van der Waals surface area contributed by atoms with E-state index in [1.165, 1.54) is 7.11 Å². The minimum atomic E-state index is -0.296. The van der Waals surface area contributed by atoms with Gasteiger partial charge in [-0.2, -0.15) is 5.48 Å². The lowest BCUT2D eigenvalue weighted by atomic mass is 10.2. The molecule has 1 aliphatic heterocycles. The van der Waals surface area contributed by atoms with Crippen LogP contribution < -0.4 is 5.48 Å². The zero-order valence-corrected chi connectivity index (χ0v) is 5.72. The topological polar surface area (TPSA) is 47.6 Å². The highest BCUT2D eigenvalue weighted by Gasteiger charge is 2.11. The van der Waals surface area contributed by atoms with E-state index in [2.05, 4.69) is 10.2 Å². The standard InChI is InChI=1S/C6H9NO3/c1-9-6(8)5-2-3-10-7-4-5/h2,7H,3-4H2,1H3. The summed E-state index contributed by atoms with van der Waals surface area (Å²) >= 11 is 0. The molecular formula is C6H9NO3. The summed E-state index contributed by atoms with van der Waals surface area (Å²) in [6.45, 7) is 0.844. The quantitative estimate of drug-likeness (QED) is 0.508. The number of carbonyl (C=O) groups excluding carboxylic acids is 1. The largest absolute Gasteiger partial charge is 0.466 e. The van der Waals surface area contributed by atoms with Gasteiger partial charge in [0.25, 0.3) is 0 Å². The lowest BCUT2D eigenvalue weighted by Gasteiger charge is -2.11. The molecule has 0 radical (unpaired) electrons. The van der Waals surface area contributed by atoms with Crippen molar-refractivity contribution in [2.45, 2.75) is 0 Å². The van der Waals surface area contributed by atoms with Crippen LogP contribution in [-0.2, 0) is 14.4 Å². The van der Waals surface area contributed by atoms with Crippen LogP contribution in [0.1, 0.15) is 0 Å². The van der Waals surface area contributed by atoms with Crippen LogP contribution in [0.25, 0.3) is 0 Å². The zero-order chi connectivity index (χ0) is 7.40. The van der Waals surface area contributed by atoms with Crippen LogP contribution in [0.15, 0.2) is 11.6 Å². The number of rotatable bonds is 1. The van der Waals surface area contributed by atoms with Crippen molar-refractivity contribution in [2.24, 2.45) is 0 Å². The van der Waals surface area contributed by atoms with E-state index in [0.29, 0.717) is 18.7 Å². The molecule has 0 aromatic carbocycles. The Hall–Kier alpha value is -0.870. The summed E-state index contributed by atoms with van der Waals surface area (Å²) in [4.78, 5) is 15.5. The molecule has 0 bridgehead atoms. The molecule has 0 saturated carbocycles. The van der Waals surface area contributed by atoms with Crippen LogP contribution in [0, 0.1) is 0 Å². The van der Waals surface area contributed by atoms with Crippen molar-refractivity contribution in [3.05, 3.63) is 11.6 Å². The molecule has 0 aliphatic carbocycles. The first kappa shape index (κ1) is 7.24. The van der Waals surface area contributed by atoms with E-state index in [1.54, 1.807) is 6.08 Å². The molecule has 56 valence electrons. The van der Waals surface area contributed by atoms with Crippen molar-refractivity contribution in [1.82, 2.24) is 5.48 Å². The summed E-state index contributed by atoms with van der Waals surface area (Å²) in [5, 5.41) is 0. The number of ether oxygens (including phenoxy) is 1. The fraction of sp³-hybridized carbons (Fsp3) is 0.500. The third kappa shape index (κ3) is 1.55. The van der Waals surface area contributed by atoms with Gasteiger partial charge < -0.3 is 4.74 Å². The Morgan fingerprint density at radius 2 is 2.70 bits per heavy atom. The molecule has 0 amide bonds. The molecule has 4 nitrogen and oxygen atoms in total. The average molecular weight is 143 g/mol. The van der Waals surface area contributed by atoms with Crippen LogP contribution in [0.4, 0.5) is 0 Å². The monoisotopic (exact) mass is 143 g/mol. The minimum absolute atomic E-state index is 0.296. The molecule has 10 heavy (non-hydrogen) atoms. The zero-order valence-electron chi connectivity index (χ0n) is 5.72. The molecular weight excluding hydrogens is 134 g/mol. The van der Waals surface area contributed by atoms with E-state index in [4.69, 9.17) is 4.84 Å². The molecule has 0 spiro atoms. The second kappa shape index (κ2) is 3.34. The summed E-state index contributed by atoms with van der Waals surface area (Å²) in [7, 11) is 1.36. The Labute approximate surface area is 58.8 Å². The molecule has 0 aromatic heterocycles. The molecule has 0 saturated heterocycles. The fourth-order valence-corrected chi connectivity index (χ4v) is 0.689. The van der Waals surface area contributed by atoms with Crippen LogP contribution in [0.2, 0.25) is 0 Å². The van der Waals surface area contributed by atoms with Crippen LogP contribution in [0.3, 0.4) is 0 Å². The van der Waals surface area contributed by atoms with Gasteiger partial charge in [0, 0.05) is 0 Å². The maximum Gasteiger partial charge on any atom is 0.334 e. The summed E-state index contributed by atoms with van der Waals surface area (Å²) in [5.74, 6) is -0.296. The Morgan fingerprint density at radius 1 is 1.90 bits per heavy atom. The van der Waals surface area contributed by atoms with Gasteiger partial charge in [0.15, 0.2) is 0 Å². The number of nitrogens with one attached hydrogen (secondary N) is 1. The number of methoxy groups -OCH3 is 1. The normalized spacial score (nSPS) is 17.9. The molecule has 1 heterocycles. The van der Waals surface area contributed by atoms with E-state index < -0.39 is 0 Å². The van der Waals surface area contributed by atoms with Crippen molar-refractivity contribution in [3.8, 4) is 0 Å². The van der Waals surface area contributed by atoms with Gasteiger partial charge in [0.2, 0.25) is 0 Å². The van der Waals surface area contributed by atoms with Gasteiger partial charge in [0.1, 0.15) is 0 Å². The molecule has 0 aromatic rings. The van der Waals surface area contributed by atoms with Crippen molar-refractivity contribution in [2.75, 3.05) is 20.3 Å². The SMILES string of the molecule is COC(=O)C1=CCONC1. The summed E-state index contributed by atoms with van der Waals surface area (Å²) in [5.41, 5.74) is 3.20. The molecule has 1 N–H and O–H groups in total. The lowest BCUT2D eigenvalue weighted by Crippen LogP contribution is -2.26. The first-order valence-electron chi connectivity index (χ1n) is 2.96. The molecule has 0 atom stereocenters. The van der Waals surface area contributed by atoms with Gasteiger partial charge in [-0.05, 0) is 6.08 Å². The van der Waals surface area contributed by atoms with Crippen LogP contribution in [-0.4, -0.2) is 26.2 Å². The van der Waals surface area contributed by atoms with Gasteiger partial charge in [-0.3, -0.25) is 4.84 Å². The van der Waals surface area contributed by atoms with Crippen molar-refractivity contribution < 1.29 is 14.4 Å². The molecule has 4 heteroatoms. The van der Waals surface area contributed by atoms with E-state index in [1.807, 2.05) is 0 Å². The second-order valence-electron chi connectivity index (χ2n) is 1.85. The number of hydroxylamine groups is 1. The minimum Gasteiger partial charge on any atom is -0.466 e. The van der Waals surface area contributed by atoms with E-state index >= 15 is 0 Å². The van der Waals surface area contributed by atoms with Crippen molar-refractivity contribution in [3.63, 3.8) is 0 Å². The third-order valence-corrected chi connectivity index (χ3v) is 1.23. The fourth-order valence-electron chi connectivity index (χ4n) is 0.689. The predicted molar refractivity (Wildman–Crippen MR) is 34.1 cm³/mol. The highest BCUT2D eigenvalue weighted by Crippen LogP contribution is 1.99. The predicted octanol–water partition coefficient (Wildman–Crippen LogP) is -0.379. The number of hydrogen-bond donors (Lipinski definition) is 1. The second-order valence-corrected chi connectivity index (χ2v) is 1.85. The highest BCUT2D eigenvalue weighted by atomic mass is 16.6. The van der Waals surface area contributed by atoms with Crippen molar-refractivity contribution in [1.29, 1.82) is 0 Å². The van der Waals surface area contributed by atoms with E-state index in [-0.39, 0.29) is 5.97 Å². The Bertz CT molecular complexity index is 164. The Kier molecular flexibility index (Phi) is 2.42. The van der Waals surface area contributed by atoms with Gasteiger partial charge >= 0.3 is 5.97 Å². The lowest BCUT2D eigenvalue weighted by molar-refractivity contribution is -0.136. The smallest absolute Gasteiger partial charge is 0.334 e. The maximum atomic E-state index is 10.8. The van der Waals surface area contributed by atoms with Gasteiger partial charge in [0.05, 0.1) is 25.8 Å². The molecule has 0 fully saturated rings. The number of esters is 1. The molecule has 1 aliphatic rings. The first-order valence-corrected chi connectivity index (χ1v) is 2.96. The van der Waals surface area contributed by atoms with Crippen LogP contribution in [0.5, 0.6) is 0 Å².